The second-order valence-corrected chi connectivity index (χ2v) is 11.4. The molecule has 0 saturated heterocycles. The molecule has 1 aliphatic carbocycles. The first kappa shape index (κ1) is 36.4. The number of carbonyl (C=O) groups excluding carboxylic acids is 1. The molecule has 3 aromatic carbocycles. The van der Waals surface area contributed by atoms with E-state index in [0.29, 0.717) is 50.8 Å². The molecular weight excluding hydrogens is 638 g/mol. The number of aliphatic hydroxyl groups is 2. The van der Waals surface area contributed by atoms with Gasteiger partial charge in [0.2, 0.25) is 0 Å². The average molecular weight is 677 g/mol. The molecule has 1 aromatic heterocycles. The molecule has 1 heterocycles. The molecule has 2 unspecified atom stereocenters. The summed E-state index contributed by atoms with van der Waals surface area (Å²) in [5, 5.41) is 32.9. The summed E-state index contributed by atoms with van der Waals surface area (Å²) >= 11 is 0. The number of methoxy groups -OCH3 is 2. The third-order valence-electron chi connectivity index (χ3n) is 8.04. The van der Waals surface area contributed by atoms with Crippen molar-refractivity contribution in [3.8, 4) is 33.9 Å². The molecule has 5 rings (SSSR count). The fraction of sp³-hybridized carbons (Fsp3) is 0.314. The van der Waals surface area contributed by atoms with Crippen LogP contribution in [0.5, 0.6) is 11.5 Å². The summed E-state index contributed by atoms with van der Waals surface area (Å²) in [6, 6.07) is 16.6. The molecule has 4 N–H and O–H groups in total. The van der Waals surface area contributed by atoms with E-state index in [9.17, 15) is 28.6 Å². The molecule has 1 fully saturated rings. The molecule has 1 amide bonds. The Bertz CT molecular complexity index is 1720. The molecule has 1 saturated carbocycles. The van der Waals surface area contributed by atoms with Crippen molar-refractivity contribution in [2.75, 3.05) is 19.5 Å². The van der Waals surface area contributed by atoms with Gasteiger partial charge in [0.15, 0.2) is 0 Å². The first-order chi connectivity index (χ1) is 22.1. The molecule has 12 heteroatoms. The molecular formula is C35H38CaF2N2O7. The quantitative estimate of drug-likeness (QED) is 0.119. The van der Waals surface area contributed by atoms with Crippen LogP contribution in [0.1, 0.15) is 56.9 Å². The van der Waals surface area contributed by atoms with E-state index in [4.69, 9.17) is 14.6 Å². The van der Waals surface area contributed by atoms with Crippen LogP contribution in [0.2, 0.25) is 0 Å². The number of nitrogens with zero attached hydrogens (tertiary/aromatic N) is 1. The molecule has 0 bridgehead atoms. The molecule has 2 atom stereocenters. The molecule has 0 radical (unpaired) electrons. The van der Waals surface area contributed by atoms with Crippen LogP contribution in [-0.4, -0.2) is 95.9 Å². The van der Waals surface area contributed by atoms with Crippen LogP contribution < -0.4 is 14.8 Å². The van der Waals surface area contributed by atoms with Crippen molar-refractivity contribution < 1.29 is 46.0 Å². The number of hydrogen-bond donors (Lipinski definition) is 4. The normalized spacial score (nSPS) is 13.7. The van der Waals surface area contributed by atoms with Crippen LogP contribution in [0.15, 0.2) is 66.7 Å². The van der Waals surface area contributed by atoms with E-state index >= 15 is 0 Å². The molecule has 0 spiro atoms. The van der Waals surface area contributed by atoms with Gasteiger partial charge < -0.3 is 37.5 Å². The minimum atomic E-state index is -1.23. The summed E-state index contributed by atoms with van der Waals surface area (Å²) < 4.78 is 41.0. The van der Waals surface area contributed by atoms with E-state index in [0.717, 1.165) is 12.8 Å². The van der Waals surface area contributed by atoms with E-state index in [1.807, 2.05) is 4.57 Å². The predicted molar refractivity (Wildman–Crippen MR) is 176 cm³/mol. The van der Waals surface area contributed by atoms with Gasteiger partial charge in [-0.2, -0.15) is 0 Å². The van der Waals surface area contributed by atoms with Crippen molar-refractivity contribution in [3.05, 3.63) is 89.6 Å². The van der Waals surface area contributed by atoms with Gasteiger partial charge in [0.25, 0.3) is 5.91 Å². The number of hydrogen-bond acceptors (Lipinski definition) is 6. The molecule has 246 valence electrons. The van der Waals surface area contributed by atoms with Gasteiger partial charge in [0.05, 0.1) is 49.8 Å². The van der Waals surface area contributed by atoms with Crippen LogP contribution in [-0.2, 0) is 11.3 Å². The fourth-order valence-electron chi connectivity index (χ4n) is 5.77. The largest absolute Gasteiger partial charge is 2.00 e. The summed E-state index contributed by atoms with van der Waals surface area (Å²) in [5.41, 5.74) is 3.72. The van der Waals surface area contributed by atoms with Crippen molar-refractivity contribution in [1.29, 1.82) is 0 Å². The zero-order valence-electron chi connectivity index (χ0n) is 28.2. The minimum Gasteiger partial charge on any atom is -1.00 e. The number of anilines is 1. The summed E-state index contributed by atoms with van der Waals surface area (Å²) in [7, 11) is 3.00. The third-order valence-corrected chi connectivity index (χ3v) is 8.04. The van der Waals surface area contributed by atoms with Gasteiger partial charge in [-0.1, -0.05) is 12.1 Å². The first-order valence-corrected chi connectivity index (χ1v) is 15.0. The number of ether oxygens (including phenoxy) is 2. The Labute approximate surface area is 304 Å². The number of aliphatic carboxylic acids is 1. The summed E-state index contributed by atoms with van der Waals surface area (Å²) in [4.78, 5) is 25.4. The van der Waals surface area contributed by atoms with Gasteiger partial charge in [-0.25, -0.2) is 8.78 Å². The minimum absolute atomic E-state index is 0. The second-order valence-electron chi connectivity index (χ2n) is 11.4. The van der Waals surface area contributed by atoms with Gasteiger partial charge in [-0.05, 0) is 85.3 Å². The molecule has 47 heavy (non-hydrogen) atoms. The number of nitrogens with one attached hydrogen (secondary N) is 1. The number of rotatable bonds is 14. The molecule has 1 aliphatic rings. The summed E-state index contributed by atoms with van der Waals surface area (Å²) in [5.74, 6) is -1.59. The maximum absolute atomic E-state index is 14.4. The van der Waals surface area contributed by atoms with Crippen LogP contribution in [0.3, 0.4) is 0 Å². The van der Waals surface area contributed by atoms with Gasteiger partial charge in [0, 0.05) is 29.8 Å². The summed E-state index contributed by atoms with van der Waals surface area (Å²) in [6.07, 6.45) is -1.16. The third kappa shape index (κ3) is 8.71. The monoisotopic (exact) mass is 676 g/mol. The maximum Gasteiger partial charge on any atom is 2.00 e. The second kappa shape index (κ2) is 16.1. The Hall–Kier alpha value is -3.48. The van der Waals surface area contributed by atoms with Crippen LogP contribution in [0.4, 0.5) is 14.5 Å². The Kier molecular flexibility index (Phi) is 12.4. The van der Waals surface area contributed by atoms with Crippen molar-refractivity contribution in [3.63, 3.8) is 0 Å². The number of carbonyl (C=O) groups is 2. The van der Waals surface area contributed by atoms with Crippen LogP contribution in [0, 0.1) is 11.6 Å². The van der Waals surface area contributed by atoms with Crippen molar-refractivity contribution in [2.24, 2.45) is 0 Å². The van der Waals surface area contributed by atoms with Gasteiger partial charge in [-0.15, -0.1) is 0 Å². The molecule has 4 aromatic rings. The van der Waals surface area contributed by atoms with E-state index in [1.54, 1.807) is 42.5 Å². The number of benzene rings is 3. The van der Waals surface area contributed by atoms with Gasteiger partial charge in [0.1, 0.15) is 23.1 Å². The number of amides is 1. The van der Waals surface area contributed by atoms with Gasteiger partial charge in [-0.3, -0.25) is 9.59 Å². The Morgan fingerprint density at radius 3 is 2.11 bits per heavy atom. The zero-order valence-corrected chi connectivity index (χ0v) is 28.4. The summed E-state index contributed by atoms with van der Waals surface area (Å²) in [6.45, 7) is 0.201. The first-order valence-electron chi connectivity index (χ1n) is 15.0. The Morgan fingerprint density at radius 2 is 1.55 bits per heavy atom. The van der Waals surface area contributed by atoms with E-state index in [1.165, 1.54) is 38.5 Å². The standard InChI is InChI=1S/C35H36F2N2O7.Ca.2H/c1-45-27-13-14-28(29(19-27)46-2)38-35(44)32-31(20-5-9-23(36)10-6-20)33(22-7-11-24(37)12-8-22)39(34(32)21-3-4-21)16-15-25(40)17-26(41)18-30(42)43;;;/h5-14,19,21,25-26,40-41H,3-4,15-18H2,1-2H3,(H,38,44)(H,42,43);;;/q;+2;2*-1. The SMILES string of the molecule is COc1ccc(NC(=O)c2c(-c3ccc(F)cc3)c(-c3ccc(F)cc3)n(CCC(O)CC(O)CC(=O)O)c2C2CC2)c(OC)c1.[Ca+2].[H-].[H-]. The Morgan fingerprint density at radius 1 is 0.936 bits per heavy atom. The maximum atomic E-state index is 14.4. The van der Waals surface area contributed by atoms with Crippen LogP contribution in [0.25, 0.3) is 22.4 Å². The van der Waals surface area contributed by atoms with Crippen molar-refractivity contribution >= 4 is 55.3 Å². The zero-order chi connectivity index (χ0) is 33.0. The smallest absolute Gasteiger partial charge is 1.00 e. The van der Waals surface area contributed by atoms with Crippen molar-refractivity contribution in [1.82, 2.24) is 4.57 Å². The molecule has 0 aliphatic heterocycles. The van der Waals surface area contributed by atoms with E-state index in [2.05, 4.69) is 5.32 Å². The van der Waals surface area contributed by atoms with E-state index < -0.39 is 42.1 Å². The number of aliphatic hydroxyl groups excluding tert-OH is 2. The Balaban J connectivity index is 0.00000278. The van der Waals surface area contributed by atoms with Gasteiger partial charge >= 0.3 is 43.7 Å². The predicted octanol–water partition coefficient (Wildman–Crippen LogP) is 6.07. The van der Waals surface area contributed by atoms with Crippen LogP contribution >= 0.6 is 0 Å². The molecule has 9 nitrogen and oxygen atoms in total. The number of aromatic nitrogens is 1. The number of carboxylic acids is 1. The number of halogens is 2. The average Bonchev–Trinajstić information content (AvgIpc) is 3.81. The van der Waals surface area contributed by atoms with E-state index in [-0.39, 0.29) is 65.9 Å². The van der Waals surface area contributed by atoms with Crippen molar-refractivity contribution in [2.45, 2.75) is 56.8 Å². The fourth-order valence-corrected chi connectivity index (χ4v) is 5.77. The number of carboxylic acid groups (broad SMARTS) is 1. The topological polar surface area (TPSA) is 130 Å².